The number of aliphatic hydroxyl groups excluding tert-OH is 6. The van der Waals surface area contributed by atoms with Gasteiger partial charge in [-0.25, -0.2) is 8.37 Å². The smallest absolute Gasteiger partial charge is 0.394 e. The summed E-state index contributed by atoms with van der Waals surface area (Å²) in [6.07, 6.45) is 7.31. The summed E-state index contributed by atoms with van der Waals surface area (Å²) in [5, 5.41) is 63.1. The van der Waals surface area contributed by atoms with E-state index in [0.29, 0.717) is 25.7 Å². The van der Waals surface area contributed by atoms with Gasteiger partial charge in [0, 0.05) is 5.41 Å². The van der Waals surface area contributed by atoms with Crippen LogP contribution in [0.2, 0.25) is 0 Å². The lowest BCUT2D eigenvalue weighted by atomic mass is 9.79. The van der Waals surface area contributed by atoms with Crippen LogP contribution in [0.25, 0.3) is 0 Å². The van der Waals surface area contributed by atoms with Gasteiger partial charge >= 0.3 is 20.8 Å². The molecule has 20 heteroatoms. The van der Waals surface area contributed by atoms with Gasteiger partial charge in [-0.3, -0.25) is 9.11 Å². The quantitative estimate of drug-likeness (QED) is 0.0313. The molecule has 0 aromatic carbocycles. The van der Waals surface area contributed by atoms with E-state index in [1.54, 1.807) is 0 Å². The number of rotatable bonds is 36. The first-order chi connectivity index (χ1) is 29.0. The topological polar surface area (TPSA) is 285 Å². The first kappa shape index (κ1) is 56.5. The average Bonchev–Trinajstić information content (AvgIpc) is 3.20. The Bertz CT molecular complexity index is 1270. The minimum absolute atomic E-state index is 0.212. The van der Waals surface area contributed by atoms with E-state index >= 15 is 0 Å². The summed E-state index contributed by atoms with van der Waals surface area (Å²) in [4.78, 5) is 0. The fourth-order valence-electron chi connectivity index (χ4n) is 8.19. The third-order valence-electron chi connectivity index (χ3n) is 11.8. The van der Waals surface area contributed by atoms with E-state index in [1.807, 2.05) is 0 Å². The third-order valence-corrected chi connectivity index (χ3v) is 12.8. The van der Waals surface area contributed by atoms with Crippen LogP contribution in [0.3, 0.4) is 0 Å². The molecule has 0 spiro atoms. The third kappa shape index (κ3) is 22.4. The fourth-order valence-corrected chi connectivity index (χ4v) is 9.21. The highest BCUT2D eigenvalue weighted by molar-refractivity contribution is 7.81. The van der Waals surface area contributed by atoms with E-state index in [2.05, 4.69) is 22.2 Å². The summed E-state index contributed by atoms with van der Waals surface area (Å²) in [5.41, 5.74) is -0.931. The van der Waals surface area contributed by atoms with Gasteiger partial charge in [0.2, 0.25) is 0 Å². The molecular weight excluding hydrogens is 845 g/mol. The summed E-state index contributed by atoms with van der Waals surface area (Å²) in [5.74, 6) is 0. The minimum Gasteiger partial charge on any atom is -0.394 e. The largest absolute Gasteiger partial charge is 0.397 e. The second-order valence-electron chi connectivity index (χ2n) is 17.1. The lowest BCUT2D eigenvalue weighted by Crippen LogP contribution is -2.61. The molecule has 18 nitrogen and oxygen atoms in total. The van der Waals surface area contributed by atoms with Crippen LogP contribution in [0.1, 0.15) is 168 Å². The summed E-state index contributed by atoms with van der Waals surface area (Å²) < 4.78 is 97.9. The number of hydrogen-bond acceptors (Lipinski definition) is 16. The van der Waals surface area contributed by atoms with Crippen LogP contribution in [-0.2, 0) is 48.1 Å². The SMILES string of the molecule is CCCCCCCCCCCCCCCCC(CCCCCCCCCC)(CO[C@@H]1O[C@H](CO)[C@H](O)[C@H](OS(=O)(=O)O)[C@H]1O)CO[C@@H]1O[C@H](CO)[C@H](O)[C@H](OS(=O)(=O)O)[C@H]1O. The normalized spacial score (nSPS) is 27.8. The van der Waals surface area contributed by atoms with Crippen molar-refractivity contribution >= 4 is 20.8 Å². The zero-order chi connectivity index (χ0) is 45.3. The lowest BCUT2D eigenvalue weighted by molar-refractivity contribution is -0.315. The van der Waals surface area contributed by atoms with Crippen LogP contribution in [0.15, 0.2) is 0 Å². The molecule has 0 unspecified atom stereocenters. The summed E-state index contributed by atoms with van der Waals surface area (Å²) in [6.45, 7) is 2.32. The maximum atomic E-state index is 11.6. The first-order valence-corrected chi connectivity index (χ1v) is 25.5. The Labute approximate surface area is 364 Å². The molecule has 2 aliphatic rings. The van der Waals surface area contributed by atoms with Crippen LogP contribution in [0.5, 0.6) is 0 Å². The molecule has 0 radical (unpaired) electrons. The van der Waals surface area contributed by atoms with E-state index in [9.17, 15) is 56.6 Å². The fraction of sp³-hybridized carbons (Fsp3) is 1.00. The van der Waals surface area contributed by atoms with Crippen molar-refractivity contribution < 1.29 is 83.9 Å². The molecule has 0 saturated carbocycles. The molecule has 2 fully saturated rings. The van der Waals surface area contributed by atoms with Gasteiger partial charge in [0.25, 0.3) is 0 Å². The van der Waals surface area contributed by atoms with Crippen molar-refractivity contribution in [2.24, 2.45) is 5.41 Å². The molecule has 0 aliphatic carbocycles. The zero-order valence-corrected chi connectivity index (χ0v) is 38.2. The molecule has 2 rings (SSSR count). The van der Waals surface area contributed by atoms with Crippen molar-refractivity contribution in [3.05, 3.63) is 0 Å². The predicted molar refractivity (Wildman–Crippen MR) is 225 cm³/mol. The number of unbranched alkanes of at least 4 members (excludes halogenated alkanes) is 20. The van der Waals surface area contributed by atoms with Crippen molar-refractivity contribution in [1.29, 1.82) is 0 Å². The Morgan fingerprint density at radius 2 is 0.738 bits per heavy atom. The Balaban J connectivity index is 2.28. The molecule has 364 valence electrons. The van der Waals surface area contributed by atoms with Gasteiger partial charge in [0.05, 0.1) is 26.4 Å². The maximum Gasteiger partial charge on any atom is 0.397 e. The van der Waals surface area contributed by atoms with Crippen molar-refractivity contribution in [2.75, 3.05) is 26.4 Å². The van der Waals surface area contributed by atoms with Crippen LogP contribution in [0, 0.1) is 5.41 Å². The molecule has 8 N–H and O–H groups in total. The molecular formula is C41H80O18S2. The Hall–Kier alpha value is -0.660. The lowest BCUT2D eigenvalue weighted by Gasteiger charge is -2.44. The molecule has 2 heterocycles. The molecule has 0 aromatic heterocycles. The van der Waals surface area contributed by atoms with Crippen LogP contribution in [-0.4, -0.2) is 144 Å². The summed E-state index contributed by atoms with van der Waals surface area (Å²) in [7, 11) is -10.3. The first-order valence-electron chi connectivity index (χ1n) is 22.8. The standard InChI is InChI=1S/C41H80O18S2/c1-3-5-7-9-11-13-14-15-16-17-18-20-22-24-26-41(25-23-21-19-12-10-8-6-4-2,29-54-39-35(46)37(58-60(48,49)50)33(44)31(27-42)56-39)30-55-40-36(47)38(59-61(51,52)53)34(45)32(28-43)57-40/h31-40,42-47H,3-30H2,1-2H3,(H,48,49,50)(H,51,52,53)/t31-,32-,33+,34+,35-,36-,37+,38+,39-,40-/m1/s1. The molecule has 0 aromatic rings. The van der Waals surface area contributed by atoms with Crippen molar-refractivity contribution in [3.8, 4) is 0 Å². The Morgan fingerprint density at radius 1 is 0.459 bits per heavy atom. The maximum absolute atomic E-state index is 11.6. The van der Waals surface area contributed by atoms with Gasteiger partial charge in [-0.15, -0.1) is 0 Å². The van der Waals surface area contributed by atoms with Gasteiger partial charge in [-0.05, 0) is 12.8 Å². The zero-order valence-electron chi connectivity index (χ0n) is 36.5. The minimum atomic E-state index is -5.17. The monoisotopic (exact) mass is 924 g/mol. The number of ether oxygens (including phenoxy) is 4. The highest BCUT2D eigenvalue weighted by atomic mass is 32.3. The molecule has 61 heavy (non-hydrogen) atoms. The highest BCUT2D eigenvalue weighted by Crippen LogP contribution is 2.37. The van der Waals surface area contributed by atoms with E-state index in [1.165, 1.54) is 57.8 Å². The molecule has 2 saturated heterocycles. The second kappa shape index (κ2) is 30.5. The second-order valence-corrected chi connectivity index (χ2v) is 19.2. The van der Waals surface area contributed by atoms with Crippen LogP contribution in [0.4, 0.5) is 0 Å². The highest BCUT2D eigenvalue weighted by Gasteiger charge is 2.50. The van der Waals surface area contributed by atoms with Gasteiger partial charge in [-0.2, -0.15) is 16.8 Å². The van der Waals surface area contributed by atoms with Crippen LogP contribution >= 0.6 is 0 Å². The van der Waals surface area contributed by atoms with Gasteiger partial charge in [0.15, 0.2) is 12.6 Å². The van der Waals surface area contributed by atoms with E-state index < -0.39 is 101 Å². The molecule has 0 amide bonds. The predicted octanol–water partition coefficient (Wildman–Crippen LogP) is 4.66. The van der Waals surface area contributed by atoms with Gasteiger partial charge in [0.1, 0.15) is 48.8 Å². The van der Waals surface area contributed by atoms with E-state index in [-0.39, 0.29) is 13.2 Å². The number of aliphatic hydroxyl groups is 6. The van der Waals surface area contributed by atoms with Crippen LogP contribution < -0.4 is 0 Å². The number of hydrogen-bond donors (Lipinski definition) is 8. The van der Waals surface area contributed by atoms with Crippen molar-refractivity contribution in [1.82, 2.24) is 0 Å². The van der Waals surface area contributed by atoms with E-state index in [4.69, 9.17) is 18.9 Å². The summed E-state index contributed by atoms with van der Waals surface area (Å²) in [6, 6.07) is 0. The molecule has 0 bridgehead atoms. The Morgan fingerprint density at radius 3 is 1.00 bits per heavy atom. The van der Waals surface area contributed by atoms with Gasteiger partial charge < -0.3 is 49.6 Å². The van der Waals surface area contributed by atoms with Crippen molar-refractivity contribution in [3.63, 3.8) is 0 Å². The van der Waals surface area contributed by atoms with E-state index in [0.717, 1.165) is 70.6 Å². The van der Waals surface area contributed by atoms with Crippen molar-refractivity contribution in [2.45, 2.75) is 229 Å². The Kier molecular flexibility index (Phi) is 28.3. The molecule has 10 atom stereocenters. The molecule has 2 aliphatic heterocycles. The summed E-state index contributed by atoms with van der Waals surface area (Å²) >= 11 is 0. The van der Waals surface area contributed by atoms with Gasteiger partial charge in [-0.1, -0.05) is 155 Å². The average molecular weight is 925 g/mol.